The van der Waals surface area contributed by atoms with Crippen molar-refractivity contribution < 1.29 is 22.2 Å². The topological polar surface area (TPSA) is 66.8 Å². The maximum atomic E-state index is 12.0. The number of rotatable bonds is 1. The predicted molar refractivity (Wildman–Crippen MR) is 62.8 cm³/mol. The van der Waals surface area contributed by atoms with Crippen molar-refractivity contribution in [3.8, 4) is 0 Å². The molecule has 1 heterocycles. The summed E-state index contributed by atoms with van der Waals surface area (Å²) in [5.74, 6) is -1.18. The van der Waals surface area contributed by atoms with Gasteiger partial charge in [-0.1, -0.05) is 13.8 Å². The number of carbonyl (C=O) groups is 2. The van der Waals surface area contributed by atoms with Crippen molar-refractivity contribution in [3.63, 3.8) is 0 Å². The summed E-state index contributed by atoms with van der Waals surface area (Å²) < 4.78 is 20.2. The van der Waals surface area contributed by atoms with Crippen molar-refractivity contribution in [1.29, 1.82) is 0 Å². The minimum absolute atomic E-state index is 0.188. The van der Waals surface area contributed by atoms with E-state index in [-0.39, 0.29) is 20.3 Å². The molecule has 1 aliphatic heterocycles. The van der Waals surface area contributed by atoms with Gasteiger partial charge >= 0.3 is 12.1 Å². The molecule has 1 fully saturated rings. The second kappa shape index (κ2) is 4.20. The van der Waals surface area contributed by atoms with Crippen LogP contribution in [0.4, 0.5) is 4.79 Å². The van der Waals surface area contributed by atoms with Gasteiger partial charge in [0, 0.05) is 9.29 Å². The summed E-state index contributed by atoms with van der Waals surface area (Å²) in [7, 11) is 0. The van der Waals surface area contributed by atoms with Crippen LogP contribution in [0, 0.1) is 5.41 Å². The summed E-state index contributed by atoms with van der Waals surface area (Å²) in [6, 6.07) is -1.16. The van der Waals surface area contributed by atoms with Crippen LogP contribution in [0.3, 0.4) is 0 Å². The SMILES string of the molecule is [2H]CC1(C[2H])CCN(C(=O)OC(C)(C)C)[C@@H]1C(=O)O. The van der Waals surface area contributed by atoms with Gasteiger partial charge in [-0.2, -0.15) is 0 Å². The van der Waals surface area contributed by atoms with E-state index in [0.717, 1.165) is 4.90 Å². The Morgan fingerprint density at radius 3 is 2.47 bits per heavy atom. The predicted octanol–water partition coefficient (Wildman–Crippen LogP) is 2.11. The van der Waals surface area contributed by atoms with Crippen LogP contribution < -0.4 is 0 Å². The number of amides is 1. The summed E-state index contributed by atoms with van der Waals surface area (Å²) >= 11 is 0. The molecule has 0 radical (unpaired) electrons. The lowest BCUT2D eigenvalue weighted by molar-refractivity contribution is -0.145. The van der Waals surface area contributed by atoms with Crippen molar-refractivity contribution in [2.75, 3.05) is 6.54 Å². The van der Waals surface area contributed by atoms with Gasteiger partial charge in [0.05, 0.1) is 0 Å². The minimum atomic E-state index is -1.18. The highest BCUT2D eigenvalue weighted by molar-refractivity contribution is 5.81. The van der Waals surface area contributed by atoms with Gasteiger partial charge in [-0.3, -0.25) is 4.90 Å². The number of likely N-dealkylation sites (tertiary alicyclic amines) is 1. The zero-order chi connectivity index (χ0) is 14.8. The first-order chi connectivity index (χ1) is 8.67. The molecule has 1 amide bonds. The number of aliphatic carboxylic acids is 1. The zero-order valence-electron chi connectivity index (χ0n) is 12.5. The third-order valence-corrected chi connectivity index (χ3v) is 2.60. The molecule has 0 aromatic heterocycles. The van der Waals surface area contributed by atoms with Gasteiger partial charge in [0.15, 0.2) is 0 Å². The van der Waals surface area contributed by atoms with Gasteiger partial charge in [0.25, 0.3) is 0 Å². The van der Waals surface area contributed by atoms with Crippen molar-refractivity contribution in [2.24, 2.45) is 5.41 Å². The maximum Gasteiger partial charge on any atom is 0.411 e. The van der Waals surface area contributed by atoms with Crippen LogP contribution in [0.5, 0.6) is 0 Å². The summed E-state index contributed by atoms with van der Waals surface area (Å²) in [6.45, 7) is 4.96. The summed E-state index contributed by atoms with van der Waals surface area (Å²) in [6.07, 6.45) is -0.348. The van der Waals surface area contributed by atoms with Crippen LogP contribution in [0.25, 0.3) is 0 Å². The van der Waals surface area contributed by atoms with E-state index >= 15 is 0 Å². The third-order valence-electron chi connectivity index (χ3n) is 2.60. The van der Waals surface area contributed by atoms with E-state index < -0.39 is 29.1 Å². The fraction of sp³-hybridized carbons (Fsp3) is 0.833. The fourth-order valence-electron chi connectivity index (χ4n) is 1.85. The molecule has 0 saturated carbocycles. The Bertz CT molecular complexity index is 363. The number of carboxylic acids is 1. The van der Waals surface area contributed by atoms with Crippen LogP contribution >= 0.6 is 0 Å². The van der Waals surface area contributed by atoms with Crippen LogP contribution in [-0.2, 0) is 9.53 Å². The lowest BCUT2D eigenvalue weighted by Gasteiger charge is -2.30. The first kappa shape index (κ1) is 10.9. The van der Waals surface area contributed by atoms with Crippen molar-refractivity contribution in [2.45, 2.75) is 52.6 Å². The van der Waals surface area contributed by atoms with Crippen LogP contribution in [0.2, 0.25) is 0 Å². The number of ether oxygens (including phenoxy) is 1. The molecule has 5 nitrogen and oxygen atoms in total. The molecule has 5 heteroatoms. The van der Waals surface area contributed by atoms with E-state index in [1.165, 1.54) is 0 Å². The second-order valence-electron chi connectivity index (χ2n) is 5.53. The molecule has 1 N–H and O–H groups in total. The highest BCUT2D eigenvalue weighted by atomic mass is 16.6. The fourth-order valence-corrected chi connectivity index (χ4v) is 1.85. The molecule has 0 unspecified atom stereocenters. The van der Waals surface area contributed by atoms with E-state index in [1.807, 2.05) is 0 Å². The Balaban J connectivity index is 2.97. The average Bonchev–Trinajstić information content (AvgIpc) is 2.66. The highest BCUT2D eigenvalue weighted by Crippen LogP contribution is 2.36. The van der Waals surface area contributed by atoms with E-state index in [4.69, 9.17) is 7.48 Å². The molecule has 0 aliphatic carbocycles. The standard InChI is InChI=1S/C12H21NO4/c1-11(2,3)17-10(16)13-7-6-12(4,5)8(13)9(14)15/h8H,6-7H2,1-5H3,(H,14,15)/t8-/m1/s1/i4D,5D. The van der Waals surface area contributed by atoms with Crippen molar-refractivity contribution in [1.82, 2.24) is 4.90 Å². The smallest absolute Gasteiger partial charge is 0.411 e. The van der Waals surface area contributed by atoms with Gasteiger partial charge in [0.1, 0.15) is 11.6 Å². The van der Waals surface area contributed by atoms with Gasteiger partial charge in [-0.05, 0) is 32.6 Å². The number of carbonyl (C=O) groups excluding carboxylic acids is 1. The van der Waals surface area contributed by atoms with Crippen molar-refractivity contribution in [3.05, 3.63) is 0 Å². The summed E-state index contributed by atoms with van der Waals surface area (Å²) in [4.78, 5) is 24.5. The third kappa shape index (κ3) is 3.11. The summed E-state index contributed by atoms with van der Waals surface area (Å²) in [5, 5.41) is 9.31. The molecule has 0 bridgehead atoms. The molecule has 1 aliphatic rings. The first-order valence-electron chi connectivity index (χ1n) is 6.89. The lowest BCUT2D eigenvalue weighted by Crippen LogP contribution is -2.47. The van der Waals surface area contributed by atoms with E-state index in [1.54, 1.807) is 20.8 Å². The molecule has 1 rings (SSSR count). The Labute approximate surface area is 105 Å². The summed E-state index contributed by atoms with van der Waals surface area (Å²) in [5.41, 5.74) is -1.70. The van der Waals surface area contributed by atoms with E-state index in [2.05, 4.69) is 0 Å². The average molecular weight is 245 g/mol. The Morgan fingerprint density at radius 2 is 2.06 bits per heavy atom. The van der Waals surface area contributed by atoms with Crippen molar-refractivity contribution >= 4 is 12.1 Å². The number of hydrogen-bond donors (Lipinski definition) is 1. The quantitative estimate of drug-likeness (QED) is 0.768. The molecule has 1 saturated heterocycles. The molecule has 17 heavy (non-hydrogen) atoms. The molecule has 0 aromatic rings. The van der Waals surface area contributed by atoms with Gasteiger partial charge < -0.3 is 9.84 Å². The Hall–Kier alpha value is -1.26. The number of hydrogen-bond acceptors (Lipinski definition) is 3. The largest absolute Gasteiger partial charge is 0.480 e. The molecule has 0 spiro atoms. The van der Waals surface area contributed by atoms with E-state index in [0.29, 0.717) is 6.42 Å². The lowest BCUT2D eigenvalue weighted by atomic mass is 9.85. The van der Waals surface area contributed by atoms with E-state index in [9.17, 15) is 14.7 Å². The molecule has 98 valence electrons. The second-order valence-corrected chi connectivity index (χ2v) is 5.53. The minimum Gasteiger partial charge on any atom is -0.480 e. The molecular formula is C12H21NO4. The Morgan fingerprint density at radius 1 is 1.47 bits per heavy atom. The first-order valence-corrected chi connectivity index (χ1v) is 5.48. The monoisotopic (exact) mass is 245 g/mol. The number of carboxylic acid groups (broad SMARTS) is 1. The van der Waals surface area contributed by atoms with Gasteiger partial charge in [-0.15, -0.1) is 0 Å². The Kier molecular flexibility index (Phi) is 2.68. The highest BCUT2D eigenvalue weighted by Gasteiger charge is 2.48. The molecular weight excluding hydrogens is 222 g/mol. The zero-order valence-corrected chi connectivity index (χ0v) is 10.5. The van der Waals surface area contributed by atoms with Gasteiger partial charge in [-0.25, -0.2) is 9.59 Å². The van der Waals surface area contributed by atoms with Crippen LogP contribution in [-0.4, -0.2) is 40.3 Å². The van der Waals surface area contributed by atoms with Crippen LogP contribution in [0.1, 0.15) is 43.7 Å². The normalized spacial score (nSPS) is 25.1. The number of nitrogens with zero attached hydrogens (tertiary/aromatic N) is 1. The molecule has 0 aromatic carbocycles. The van der Waals surface area contributed by atoms with Crippen LogP contribution in [0.15, 0.2) is 0 Å². The maximum absolute atomic E-state index is 12.0. The van der Waals surface area contributed by atoms with Gasteiger partial charge in [0.2, 0.25) is 0 Å². The molecule has 1 atom stereocenters.